The van der Waals surface area contributed by atoms with Crippen LogP contribution in [-0.4, -0.2) is 62.7 Å². The molecular formula is C17H28N2O6S. The number of ketones is 1. The van der Waals surface area contributed by atoms with Crippen LogP contribution >= 0.6 is 12.6 Å². The van der Waals surface area contributed by atoms with Gasteiger partial charge in [0.05, 0.1) is 6.04 Å². The maximum Gasteiger partial charge on any atom is 0.408 e. The minimum atomic E-state index is -2.13. The first-order valence-corrected chi connectivity index (χ1v) is 9.03. The molecule has 0 aromatic rings. The van der Waals surface area contributed by atoms with Crippen LogP contribution in [0.15, 0.2) is 0 Å². The van der Waals surface area contributed by atoms with Crippen LogP contribution < -0.4 is 5.32 Å². The Bertz CT molecular complexity index is 601. The zero-order valence-electron chi connectivity index (χ0n) is 16.0. The highest BCUT2D eigenvalue weighted by atomic mass is 32.1. The van der Waals surface area contributed by atoms with Crippen molar-refractivity contribution in [3.05, 3.63) is 0 Å². The van der Waals surface area contributed by atoms with Gasteiger partial charge in [0.25, 0.3) is 0 Å². The third kappa shape index (κ3) is 4.31. The van der Waals surface area contributed by atoms with Gasteiger partial charge in [0.2, 0.25) is 11.4 Å². The van der Waals surface area contributed by atoms with Crippen molar-refractivity contribution in [3.8, 4) is 0 Å². The second-order valence-corrected chi connectivity index (χ2v) is 8.38. The Kier molecular flexibility index (Phi) is 6.73. The molecule has 26 heavy (non-hydrogen) atoms. The van der Waals surface area contributed by atoms with Crippen LogP contribution in [0.4, 0.5) is 4.79 Å². The van der Waals surface area contributed by atoms with E-state index in [2.05, 4.69) is 17.9 Å². The minimum Gasteiger partial charge on any atom is -0.479 e. The largest absolute Gasteiger partial charge is 0.479 e. The number of nitrogens with one attached hydrogen (secondary N) is 1. The van der Waals surface area contributed by atoms with Gasteiger partial charge in [0.1, 0.15) is 5.60 Å². The summed E-state index contributed by atoms with van der Waals surface area (Å²) in [6, 6.07) is -1.17. The Balaban J connectivity index is 3.17. The molecule has 0 spiro atoms. The number of alkyl carbamates (subject to hydrolysis) is 1. The minimum absolute atomic E-state index is 0.113. The van der Waals surface area contributed by atoms with E-state index in [1.165, 1.54) is 6.92 Å². The lowest BCUT2D eigenvalue weighted by Gasteiger charge is -2.38. The molecule has 1 saturated heterocycles. The van der Waals surface area contributed by atoms with Crippen LogP contribution in [0.5, 0.6) is 0 Å². The van der Waals surface area contributed by atoms with Crippen LogP contribution in [0.25, 0.3) is 0 Å². The van der Waals surface area contributed by atoms with Crippen molar-refractivity contribution in [2.24, 2.45) is 5.92 Å². The summed E-state index contributed by atoms with van der Waals surface area (Å²) in [5, 5.41) is 11.3. The number of aliphatic carboxylic acids is 1. The molecular weight excluding hydrogens is 360 g/mol. The van der Waals surface area contributed by atoms with Gasteiger partial charge in [-0.1, -0.05) is 13.8 Å². The lowest BCUT2D eigenvalue weighted by molar-refractivity contribution is -0.163. The normalized spacial score (nSPS) is 24.3. The van der Waals surface area contributed by atoms with Gasteiger partial charge in [-0.15, -0.1) is 0 Å². The van der Waals surface area contributed by atoms with Gasteiger partial charge < -0.3 is 20.1 Å². The third-order valence-electron chi connectivity index (χ3n) is 4.12. The highest BCUT2D eigenvalue weighted by Crippen LogP contribution is 2.37. The van der Waals surface area contributed by atoms with Gasteiger partial charge in [-0.05, 0) is 34.1 Å². The average Bonchev–Trinajstić information content (AvgIpc) is 2.81. The van der Waals surface area contributed by atoms with Gasteiger partial charge in [0.15, 0.2) is 5.78 Å². The van der Waals surface area contributed by atoms with E-state index in [-0.39, 0.29) is 13.0 Å². The van der Waals surface area contributed by atoms with Crippen LogP contribution in [0, 0.1) is 5.92 Å². The van der Waals surface area contributed by atoms with Gasteiger partial charge in [-0.2, -0.15) is 12.6 Å². The van der Waals surface area contributed by atoms with Crippen molar-refractivity contribution in [1.82, 2.24) is 10.2 Å². The first-order valence-electron chi connectivity index (χ1n) is 8.51. The number of carboxylic acid groups (broad SMARTS) is 1. The molecule has 2 amide bonds. The maximum absolute atomic E-state index is 13.1. The Morgan fingerprint density at radius 2 is 1.77 bits per heavy atom. The Morgan fingerprint density at radius 3 is 2.19 bits per heavy atom. The molecule has 1 rings (SSSR count). The maximum atomic E-state index is 13.1. The summed E-state index contributed by atoms with van der Waals surface area (Å²) >= 11 is 4.29. The van der Waals surface area contributed by atoms with E-state index in [1.807, 2.05) is 0 Å². The van der Waals surface area contributed by atoms with E-state index >= 15 is 0 Å². The van der Waals surface area contributed by atoms with E-state index in [0.717, 1.165) is 4.90 Å². The number of hydrogen-bond donors (Lipinski definition) is 3. The van der Waals surface area contributed by atoms with Crippen molar-refractivity contribution in [3.63, 3.8) is 0 Å². The Hall–Kier alpha value is -1.77. The summed E-state index contributed by atoms with van der Waals surface area (Å²) in [6.45, 7) is 9.75. The number of amides is 2. The van der Waals surface area contributed by atoms with Crippen LogP contribution in [0.2, 0.25) is 0 Å². The number of ether oxygens (including phenoxy) is 1. The standard InChI is InChI=1S/C17H28N2O6S/c1-9(2)13(21)19-8-7-11(26)17(19,14(22)23)12(20)10(3)18-15(24)25-16(4,5)6/h9-11,26H,7-8H2,1-6H3,(H,18,24)(H,22,23)/t10-,11?,17-/m0/s1. The number of likely N-dealkylation sites (tertiary alicyclic amines) is 1. The summed E-state index contributed by atoms with van der Waals surface area (Å²) in [7, 11) is 0. The van der Waals surface area contributed by atoms with Crippen LogP contribution in [-0.2, 0) is 19.1 Å². The number of nitrogens with zero attached hydrogens (tertiary/aromatic N) is 1. The predicted octanol–water partition coefficient (Wildman–Crippen LogP) is 1.48. The van der Waals surface area contributed by atoms with E-state index in [9.17, 15) is 24.3 Å². The summed E-state index contributed by atoms with van der Waals surface area (Å²) in [6.07, 6.45) is -0.576. The second kappa shape index (κ2) is 7.85. The molecule has 1 aliphatic heterocycles. The molecule has 148 valence electrons. The SMILES string of the molecule is CC(C)C(=O)N1CCC(S)[C@@]1(C(=O)O)C(=O)[C@H](C)NC(=O)OC(C)(C)C. The molecule has 0 aromatic heterocycles. The summed E-state index contributed by atoms with van der Waals surface area (Å²) in [5.74, 6) is -3.18. The quantitative estimate of drug-likeness (QED) is 0.486. The predicted molar refractivity (Wildman–Crippen MR) is 98.1 cm³/mol. The van der Waals surface area contributed by atoms with Crippen molar-refractivity contribution in [1.29, 1.82) is 0 Å². The lowest BCUT2D eigenvalue weighted by Crippen LogP contribution is -2.67. The topological polar surface area (TPSA) is 113 Å². The highest BCUT2D eigenvalue weighted by molar-refractivity contribution is 7.81. The molecule has 0 saturated carbocycles. The first-order chi connectivity index (χ1) is 11.7. The number of carbonyl (C=O) groups excluding carboxylic acids is 3. The van der Waals surface area contributed by atoms with Crippen molar-refractivity contribution in [2.45, 2.75) is 70.4 Å². The smallest absolute Gasteiger partial charge is 0.408 e. The summed E-state index contributed by atoms with van der Waals surface area (Å²) < 4.78 is 5.10. The molecule has 1 heterocycles. The molecule has 0 radical (unpaired) electrons. The lowest BCUT2D eigenvalue weighted by atomic mass is 9.86. The molecule has 3 atom stereocenters. The van der Waals surface area contributed by atoms with Crippen LogP contribution in [0.3, 0.4) is 0 Å². The van der Waals surface area contributed by atoms with Crippen molar-refractivity contribution < 1.29 is 29.0 Å². The average molecular weight is 388 g/mol. The van der Waals surface area contributed by atoms with Gasteiger partial charge >= 0.3 is 12.1 Å². The van der Waals surface area contributed by atoms with Gasteiger partial charge in [0, 0.05) is 17.7 Å². The molecule has 0 bridgehead atoms. The number of carbonyl (C=O) groups is 4. The number of hydrogen-bond acceptors (Lipinski definition) is 6. The van der Waals surface area contributed by atoms with Crippen molar-refractivity contribution in [2.75, 3.05) is 6.54 Å². The van der Waals surface area contributed by atoms with E-state index in [1.54, 1.807) is 34.6 Å². The fourth-order valence-electron chi connectivity index (χ4n) is 2.95. The fraction of sp³-hybridized carbons (Fsp3) is 0.765. The highest BCUT2D eigenvalue weighted by Gasteiger charge is 2.62. The van der Waals surface area contributed by atoms with Gasteiger partial charge in [-0.25, -0.2) is 9.59 Å². The fourth-order valence-corrected chi connectivity index (χ4v) is 3.45. The first kappa shape index (κ1) is 22.3. The van der Waals surface area contributed by atoms with E-state index in [0.29, 0.717) is 0 Å². The van der Waals surface area contributed by atoms with Gasteiger partial charge in [-0.3, -0.25) is 9.59 Å². The molecule has 1 aliphatic rings. The zero-order chi connectivity index (χ0) is 20.4. The van der Waals surface area contributed by atoms with E-state index in [4.69, 9.17) is 4.74 Å². The molecule has 1 unspecified atom stereocenters. The Labute approximate surface area is 159 Å². The van der Waals surface area contributed by atoms with E-state index < -0.39 is 52.1 Å². The number of thiol groups is 1. The second-order valence-electron chi connectivity index (χ2n) is 7.75. The molecule has 1 fully saturated rings. The molecule has 8 nitrogen and oxygen atoms in total. The number of Topliss-reactive ketones (excluding diaryl/α,β-unsaturated/α-hetero) is 1. The molecule has 0 aliphatic carbocycles. The molecule has 2 N–H and O–H groups in total. The summed E-state index contributed by atoms with van der Waals surface area (Å²) in [4.78, 5) is 50.7. The summed E-state index contributed by atoms with van der Waals surface area (Å²) in [5.41, 5.74) is -2.89. The van der Waals surface area contributed by atoms with Crippen LogP contribution in [0.1, 0.15) is 48.0 Å². The monoisotopic (exact) mass is 388 g/mol. The Morgan fingerprint density at radius 1 is 1.23 bits per heavy atom. The molecule has 9 heteroatoms. The third-order valence-corrected chi connectivity index (χ3v) is 4.75. The molecule has 0 aromatic carbocycles. The number of carboxylic acids is 1. The number of rotatable bonds is 5. The zero-order valence-corrected chi connectivity index (χ0v) is 16.9. The van der Waals surface area contributed by atoms with Crippen molar-refractivity contribution >= 4 is 36.4 Å².